The maximum Gasteiger partial charge on any atom is 1.00 e. The first-order chi connectivity index (χ1) is 9.95. The standard InChI is InChI=1S/C12H10N3O4PS.2Na/c16-12-11-10(14-6-15-12)9(5-13-11)21-8-3-1-2-7(4-8)20(17,18)19;;/h1-6,13H,(H,14,15,16)(H2,17,18,19);;/q;2*+1/p-2. The van der Waals surface area contributed by atoms with Crippen LogP contribution in [0, 0.1) is 0 Å². The van der Waals surface area contributed by atoms with Crippen molar-refractivity contribution in [1.29, 1.82) is 0 Å². The summed E-state index contributed by atoms with van der Waals surface area (Å²) in [6.07, 6.45) is 2.90. The van der Waals surface area contributed by atoms with E-state index in [9.17, 15) is 19.1 Å². The van der Waals surface area contributed by atoms with E-state index in [2.05, 4.69) is 15.0 Å². The van der Waals surface area contributed by atoms with Gasteiger partial charge in [-0.25, -0.2) is 4.98 Å². The number of hydrogen-bond donors (Lipinski definition) is 2. The summed E-state index contributed by atoms with van der Waals surface area (Å²) in [5.74, 6) is 0. The first-order valence-corrected chi connectivity index (χ1v) is 8.16. The molecule has 7 nitrogen and oxygen atoms in total. The predicted octanol–water partition coefficient (Wildman–Crippen LogP) is -6.05. The van der Waals surface area contributed by atoms with E-state index in [0.29, 0.717) is 20.8 Å². The number of nitrogens with zero attached hydrogens (tertiary/aromatic N) is 1. The summed E-state index contributed by atoms with van der Waals surface area (Å²) >= 11 is 1.22. The van der Waals surface area contributed by atoms with Gasteiger partial charge in [-0.15, -0.1) is 0 Å². The van der Waals surface area contributed by atoms with Gasteiger partial charge in [-0.2, -0.15) is 0 Å². The molecule has 3 aromatic rings. The minimum atomic E-state index is -4.78. The second kappa shape index (κ2) is 8.49. The molecule has 0 amide bonds. The van der Waals surface area contributed by atoms with Crippen molar-refractivity contribution in [3.05, 3.63) is 47.1 Å². The Balaban J connectivity index is 0.00000132. The summed E-state index contributed by atoms with van der Waals surface area (Å²) in [6.45, 7) is 0. The van der Waals surface area contributed by atoms with E-state index in [-0.39, 0.29) is 70.0 Å². The molecule has 0 atom stereocenters. The molecule has 108 valence electrons. The number of H-pyrrole nitrogens is 2. The summed E-state index contributed by atoms with van der Waals surface area (Å²) in [7, 11) is -4.78. The van der Waals surface area contributed by atoms with Gasteiger partial charge in [-0.1, -0.05) is 23.9 Å². The van der Waals surface area contributed by atoms with Gasteiger partial charge in [0.2, 0.25) is 0 Å². The fraction of sp³-hybridized carbons (Fsp3) is 0. The third kappa shape index (κ3) is 4.83. The van der Waals surface area contributed by atoms with Crippen LogP contribution in [-0.4, -0.2) is 15.0 Å². The Kier molecular flexibility index (Phi) is 7.82. The molecule has 0 unspecified atom stereocenters. The molecule has 3 rings (SSSR count). The first-order valence-electron chi connectivity index (χ1n) is 5.80. The van der Waals surface area contributed by atoms with Crippen LogP contribution in [-0.2, 0) is 4.57 Å². The topological polar surface area (TPSA) is 125 Å². The van der Waals surface area contributed by atoms with E-state index in [4.69, 9.17) is 0 Å². The van der Waals surface area contributed by atoms with Crippen molar-refractivity contribution >= 4 is 35.7 Å². The molecule has 2 heterocycles. The Labute approximate surface area is 179 Å². The van der Waals surface area contributed by atoms with E-state index in [1.165, 1.54) is 36.3 Å². The van der Waals surface area contributed by atoms with Crippen molar-refractivity contribution in [3.63, 3.8) is 0 Å². The van der Waals surface area contributed by atoms with E-state index < -0.39 is 7.60 Å². The number of benzene rings is 1. The average Bonchev–Trinajstić information content (AvgIpc) is 2.83. The van der Waals surface area contributed by atoms with Gasteiger partial charge in [0.1, 0.15) is 11.0 Å². The van der Waals surface area contributed by atoms with Crippen LogP contribution in [0.25, 0.3) is 11.0 Å². The number of aromatic amines is 2. The van der Waals surface area contributed by atoms with Crippen LogP contribution in [0.15, 0.2) is 51.4 Å². The smallest absolute Gasteiger partial charge is 0.807 e. The van der Waals surface area contributed by atoms with Crippen LogP contribution in [0.3, 0.4) is 0 Å². The zero-order chi connectivity index (χ0) is 15.0. The van der Waals surface area contributed by atoms with Gasteiger partial charge in [-0.05, 0) is 25.0 Å². The molecule has 0 bridgehead atoms. The van der Waals surface area contributed by atoms with Gasteiger partial charge in [0, 0.05) is 11.1 Å². The average molecular weight is 367 g/mol. The minimum Gasteiger partial charge on any atom is -0.807 e. The molecule has 0 saturated heterocycles. The maximum atomic E-state index is 11.6. The van der Waals surface area contributed by atoms with Crippen molar-refractivity contribution in [2.24, 2.45) is 0 Å². The summed E-state index contributed by atoms with van der Waals surface area (Å²) in [5.41, 5.74) is 0.542. The van der Waals surface area contributed by atoms with Crippen molar-refractivity contribution < 1.29 is 73.5 Å². The third-order valence-corrected chi connectivity index (χ3v) is 4.73. The predicted molar refractivity (Wildman–Crippen MR) is 74.5 cm³/mol. The molecule has 0 aliphatic heterocycles. The Bertz CT molecular complexity index is 924. The summed E-state index contributed by atoms with van der Waals surface area (Å²) in [6, 6.07) is 5.73. The van der Waals surface area contributed by atoms with Gasteiger partial charge in [0.15, 0.2) is 0 Å². The zero-order valence-corrected chi connectivity index (χ0v) is 18.1. The molecule has 0 spiro atoms. The van der Waals surface area contributed by atoms with Gasteiger partial charge in [0.25, 0.3) is 5.56 Å². The number of aromatic nitrogens is 3. The molecular weight excluding hydrogens is 359 g/mol. The van der Waals surface area contributed by atoms with Crippen LogP contribution in [0.2, 0.25) is 0 Å². The molecule has 0 aliphatic rings. The van der Waals surface area contributed by atoms with Gasteiger partial charge < -0.3 is 24.3 Å². The Hall–Kier alpha value is 0.140. The van der Waals surface area contributed by atoms with Crippen molar-refractivity contribution in [2.75, 3.05) is 0 Å². The second-order valence-corrected chi connectivity index (χ2v) is 6.83. The third-order valence-electron chi connectivity index (χ3n) is 2.80. The van der Waals surface area contributed by atoms with Crippen LogP contribution in [0.5, 0.6) is 0 Å². The molecule has 23 heavy (non-hydrogen) atoms. The quantitative estimate of drug-likeness (QED) is 0.351. The van der Waals surface area contributed by atoms with Crippen molar-refractivity contribution in [2.45, 2.75) is 9.79 Å². The normalized spacial score (nSPS) is 10.9. The molecule has 2 N–H and O–H groups in total. The van der Waals surface area contributed by atoms with Crippen LogP contribution < -0.4 is 79.8 Å². The second-order valence-electron chi connectivity index (χ2n) is 4.21. The van der Waals surface area contributed by atoms with Crippen molar-refractivity contribution in [3.8, 4) is 0 Å². The molecule has 11 heteroatoms. The van der Waals surface area contributed by atoms with Crippen LogP contribution >= 0.6 is 19.4 Å². The Morgan fingerprint density at radius 1 is 1.17 bits per heavy atom. The van der Waals surface area contributed by atoms with E-state index in [1.807, 2.05) is 0 Å². The molecule has 0 radical (unpaired) electrons. The fourth-order valence-electron chi connectivity index (χ4n) is 1.85. The summed E-state index contributed by atoms with van der Waals surface area (Å²) in [5, 5.41) is -0.266. The van der Waals surface area contributed by atoms with E-state index in [0.717, 1.165) is 0 Å². The van der Waals surface area contributed by atoms with Gasteiger partial charge >= 0.3 is 59.1 Å². The maximum absolute atomic E-state index is 11.6. The van der Waals surface area contributed by atoms with Gasteiger partial charge in [-0.3, -0.25) is 4.79 Å². The monoisotopic (exact) mass is 367 g/mol. The van der Waals surface area contributed by atoms with E-state index in [1.54, 1.807) is 12.3 Å². The molecule has 0 fully saturated rings. The molecule has 0 saturated carbocycles. The largest absolute Gasteiger partial charge is 1.00 e. The first kappa shape index (κ1) is 21.2. The molecular formula is C12H8N3Na2O4PS. The Morgan fingerprint density at radius 2 is 1.91 bits per heavy atom. The van der Waals surface area contributed by atoms with Crippen molar-refractivity contribution in [1.82, 2.24) is 15.0 Å². The SMILES string of the molecule is O=c1[nH]cnc2c(Sc3cccc(P(=O)([O-])[O-])c3)c[nH]c12.[Na+].[Na+]. The number of nitrogens with one attached hydrogen (secondary N) is 2. The van der Waals surface area contributed by atoms with Crippen LogP contribution in [0.4, 0.5) is 0 Å². The zero-order valence-electron chi connectivity index (χ0n) is 12.4. The molecule has 1 aromatic carbocycles. The van der Waals surface area contributed by atoms with E-state index >= 15 is 0 Å². The fourth-order valence-corrected chi connectivity index (χ4v) is 3.46. The summed E-state index contributed by atoms with van der Waals surface area (Å²) < 4.78 is 11.0. The Morgan fingerprint density at radius 3 is 2.61 bits per heavy atom. The minimum absolute atomic E-state index is 0. The van der Waals surface area contributed by atoms with Crippen LogP contribution in [0.1, 0.15) is 0 Å². The van der Waals surface area contributed by atoms with Gasteiger partial charge in [0.05, 0.1) is 11.2 Å². The number of hydrogen-bond acceptors (Lipinski definition) is 6. The summed E-state index contributed by atoms with van der Waals surface area (Å²) in [4.78, 5) is 44.3. The number of rotatable bonds is 3. The number of fused-ring (bicyclic) bond motifs is 1. The molecule has 2 aromatic heterocycles. The molecule has 0 aliphatic carbocycles.